The lowest BCUT2D eigenvalue weighted by Crippen LogP contribution is -2.64. The molecule has 0 fully saturated rings. The molecular formula is C16H24Cl4N2+2. The molecule has 1 atom stereocenters. The van der Waals surface area contributed by atoms with Gasteiger partial charge in [0.05, 0.1) is 47.3 Å². The van der Waals surface area contributed by atoms with Gasteiger partial charge in [-0.15, -0.1) is 0 Å². The van der Waals surface area contributed by atoms with Crippen LogP contribution >= 0.6 is 46.4 Å². The highest BCUT2D eigenvalue weighted by atomic mass is 35.5. The van der Waals surface area contributed by atoms with Crippen LogP contribution in [-0.4, -0.2) is 42.3 Å². The van der Waals surface area contributed by atoms with Crippen LogP contribution in [0.5, 0.6) is 0 Å². The Kier molecular flexibility index (Phi) is 5.34. The molecule has 0 saturated carbocycles. The molecule has 0 bridgehead atoms. The molecule has 2 nitrogen and oxygen atoms in total. The Morgan fingerprint density at radius 1 is 0.909 bits per heavy atom. The Hall–Kier alpha value is 0.300. The maximum atomic E-state index is 6.44. The van der Waals surface area contributed by atoms with Crippen molar-refractivity contribution in [3.63, 3.8) is 0 Å². The molecule has 0 spiro atoms. The lowest BCUT2D eigenvalue weighted by Gasteiger charge is -2.46. The molecule has 2 rings (SSSR count). The van der Waals surface area contributed by atoms with Gasteiger partial charge in [-0.05, 0) is 13.8 Å². The van der Waals surface area contributed by atoms with Gasteiger partial charge >= 0.3 is 0 Å². The van der Waals surface area contributed by atoms with E-state index in [9.17, 15) is 0 Å². The van der Waals surface area contributed by atoms with Gasteiger partial charge in [-0.1, -0.05) is 46.4 Å². The van der Waals surface area contributed by atoms with E-state index >= 15 is 0 Å². The Balaban J connectivity index is 2.48. The van der Waals surface area contributed by atoms with E-state index in [4.69, 9.17) is 46.4 Å². The van der Waals surface area contributed by atoms with Crippen molar-refractivity contribution in [1.82, 2.24) is 0 Å². The van der Waals surface area contributed by atoms with Gasteiger partial charge in [0.15, 0.2) is 0 Å². The molecule has 1 heterocycles. The van der Waals surface area contributed by atoms with Crippen LogP contribution < -0.4 is 0 Å². The van der Waals surface area contributed by atoms with Gasteiger partial charge in [-0.3, -0.25) is 8.97 Å². The summed E-state index contributed by atoms with van der Waals surface area (Å²) in [5.41, 5.74) is 2.10. The van der Waals surface area contributed by atoms with Crippen molar-refractivity contribution in [2.24, 2.45) is 0 Å². The molecular weight excluding hydrogens is 362 g/mol. The molecule has 0 amide bonds. The van der Waals surface area contributed by atoms with E-state index in [1.807, 2.05) is 0 Å². The number of hydrogen-bond donors (Lipinski definition) is 0. The monoisotopic (exact) mass is 384 g/mol. The summed E-state index contributed by atoms with van der Waals surface area (Å²) in [7, 11) is 4.57. The molecule has 124 valence electrons. The molecule has 1 aliphatic heterocycles. The highest BCUT2D eigenvalue weighted by molar-refractivity contribution is 6.52. The quantitative estimate of drug-likeness (QED) is 0.359. The van der Waals surface area contributed by atoms with Gasteiger partial charge in [0.1, 0.15) is 13.1 Å². The lowest BCUT2D eigenvalue weighted by atomic mass is 10.1. The minimum atomic E-state index is 0.372. The third-order valence-corrected chi connectivity index (χ3v) is 7.64. The number of halogens is 4. The average molecular weight is 386 g/mol. The van der Waals surface area contributed by atoms with Crippen LogP contribution in [0.15, 0.2) is 0 Å². The number of quaternary nitrogens is 2. The third kappa shape index (κ3) is 2.76. The van der Waals surface area contributed by atoms with Crippen molar-refractivity contribution in [2.45, 2.75) is 40.0 Å². The Morgan fingerprint density at radius 3 is 1.59 bits per heavy atom. The topological polar surface area (TPSA) is 0 Å². The van der Waals surface area contributed by atoms with Crippen LogP contribution in [0.3, 0.4) is 0 Å². The molecule has 1 aromatic rings. The van der Waals surface area contributed by atoms with Crippen molar-refractivity contribution < 1.29 is 8.97 Å². The van der Waals surface area contributed by atoms with Crippen LogP contribution in [0.25, 0.3) is 0 Å². The smallest absolute Gasteiger partial charge is 0.213 e. The van der Waals surface area contributed by atoms with Crippen LogP contribution in [0.4, 0.5) is 0 Å². The second-order valence-electron chi connectivity index (χ2n) is 6.75. The zero-order valence-electron chi connectivity index (χ0n) is 13.8. The number of hydrogen-bond acceptors (Lipinski definition) is 0. The number of rotatable bonds is 4. The largest absolute Gasteiger partial charge is 0.278 e. The number of fused-ring (bicyclic) bond motifs is 1. The summed E-state index contributed by atoms with van der Waals surface area (Å²) >= 11 is 25.3. The fourth-order valence-corrected chi connectivity index (χ4v) is 4.57. The van der Waals surface area contributed by atoms with Crippen LogP contribution in [0.1, 0.15) is 31.9 Å². The van der Waals surface area contributed by atoms with E-state index in [1.165, 1.54) is 0 Å². The first kappa shape index (κ1) is 18.6. The van der Waals surface area contributed by atoms with Crippen molar-refractivity contribution in [3.8, 4) is 0 Å². The zero-order chi connectivity index (χ0) is 16.9. The molecule has 6 heteroatoms. The van der Waals surface area contributed by atoms with E-state index in [-0.39, 0.29) is 0 Å². The molecule has 0 radical (unpaired) electrons. The number of nitrogens with zero attached hydrogens (tertiary/aromatic N) is 2. The fraction of sp³-hybridized carbons (Fsp3) is 0.625. The highest BCUT2D eigenvalue weighted by Crippen LogP contribution is 2.47. The minimum Gasteiger partial charge on any atom is -0.278 e. The van der Waals surface area contributed by atoms with Gasteiger partial charge in [0.2, 0.25) is 6.17 Å². The van der Waals surface area contributed by atoms with Crippen molar-refractivity contribution in [1.29, 1.82) is 0 Å². The Bertz CT molecular complexity index is 560. The first-order valence-corrected chi connectivity index (χ1v) is 9.14. The summed E-state index contributed by atoms with van der Waals surface area (Å²) < 4.78 is 1.87. The highest BCUT2D eigenvalue weighted by Gasteiger charge is 2.47. The van der Waals surface area contributed by atoms with E-state index in [1.54, 1.807) is 0 Å². The summed E-state index contributed by atoms with van der Waals surface area (Å²) in [6.07, 6.45) is 0.423. The summed E-state index contributed by atoms with van der Waals surface area (Å²) in [4.78, 5) is 0. The van der Waals surface area contributed by atoms with Gasteiger partial charge < -0.3 is 0 Å². The molecule has 0 aromatic heterocycles. The molecule has 1 unspecified atom stereocenters. The summed E-state index contributed by atoms with van der Waals surface area (Å²) in [5, 5.41) is 1.86. The van der Waals surface area contributed by atoms with E-state index < -0.39 is 0 Å². The molecule has 22 heavy (non-hydrogen) atoms. The first-order valence-electron chi connectivity index (χ1n) is 7.63. The van der Waals surface area contributed by atoms with Gasteiger partial charge in [0, 0.05) is 18.1 Å². The second-order valence-corrected chi connectivity index (χ2v) is 8.26. The van der Waals surface area contributed by atoms with Crippen molar-refractivity contribution >= 4 is 46.4 Å². The normalized spacial score (nSPS) is 18.4. The van der Waals surface area contributed by atoms with Crippen LogP contribution in [0.2, 0.25) is 20.1 Å². The third-order valence-electron chi connectivity index (χ3n) is 5.76. The summed E-state index contributed by atoms with van der Waals surface area (Å²) in [6.45, 7) is 10.6. The minimum absolute atomic E-state index is 0.372. The van der Waals surface area contributed by atoms with Crippen LogP contribution in [0, 0.1) is 0 Å². The zero-order valence-corrected chi connectivity index (χ0v) is 16.8. The molecule has 0 N–H and O–H groups in total. The molecule has 0 aliphatic carbocycles. The first-order chi connectivity index (χ1) is 10.1. The van der Waals surface area contributed by atoms with E-state index in [0.29, 0.717) is 26.3 Å². The standard InChI is InChI=1S/C16H24Cl4N2/c1-6-21(4,7-2)10(3)22(5)8-11-12(9-22)14(18)16(20)15(19)13(11)17/h10H,6-9H2,1-5H3/q+2. The lowest BCUT2D eigenvalue weighted by molar-refractivity contribution is -1.12. The Morgan fingerprint density at radius 2 is 1.27 bits per heavy atom. The van der Waals surface area contributed by atoms with Gasteiger partial charge in [0.25, 0.3) is 0 Å². The average Bonchev–Trinajstić information content (AvgIpc) is 2.88. The van der Waals surface area contributed by atoms with E-state index in [0.717, 1.165) is 46.3 Å². The maximum absolute atomic E-state index is 6.44. The van der Waals surface area contributed by atoms with Crippen molar-refractivity contribution in [2.75, 3.05) is 27.2 Å². The van der Waals surface area contributed by atoms with Crippen LogP contribution in [-0.2, 0) is 13.1 Å². The molecule has 1 aromatic carbocycles. The van der Waals surface area contributed by atoms with E-state index in [2.05, 4.69) is 34.9 Å². The second kappa shape index (κ2) is 6.31. The predicted octanol–water partition coefficient (Wildman–Crippen LogP) is 5.59. The molecule has 0 saturated heterocycles. The number of benzene rings is 1. The predicted molar refractivity (Wildman–Crippen MR) is 96.8 cm³/mol. The molecule has 1 aliphatic rings. The SMILES string of the molecule is CC[N+](C)(CC)C(C)[N+]1(C)Cc2c(Cl)c(Cl)c(Cl)c(Cl)c2C1. The fourth-order valence-electron chi connectivity index (χ4n) is 3.52. The summed E-state index contributed by atoms with van der Waals surface area (Å²) in [6, 6.07) is 0. The maximum Gasteiger partial charge on any atom is 0.213 e. The van der Waals surface area contributed by atoms with Crippen molar-refractivity contribution in [3.05, 3.63) is 31.2 Å². The van der Waals surface area contributed by atoms with Gasteiger partial charge in [-0.25, -0.2) is 0 Å². The summed E-state index contributed by atoms with van der Waals surface area (Å²) in [5.74, 6) is 0. The van der Waals surface area contributed by atoms with Gasteiger partial charge in [-0.2, -0.15) is 0 Å². The Labute approximate surface area is 153 Å².